The third-order valence-corrected chi connectivity index (χ3v) is 3.05. The highest BCUT2D eigenvalue weighted by Gasteiger charge is 2.06. The lowest BCUT2D eigenvalue weighted by Crippen LogP contribution is -2.32. The Labute approximate surface area is 121 Å². The number of aliphatic hydroxyl groups is 1. The topological polar surface area (TPSA) is 49.3 Å². The molecule has 0 fully saturated rings. The van der Waals surface area contributed by atoms with E-state index in [0.717, 1.165) is 17.6 Å². The Hall–Kier alpha value is -1.87. The Morgan fingerprint density at radius 3 is 2.60 bits per heavy atom. The molecule has 0 spiro atoms. The molecule has 0 saturated carbocycles. The smallest absolute Gasteiger partial charge is 0.244 e. The van der Waals surface area contributed by atoms with Crippen molar-refractivity contribution in [1.82, 2.24) is 5.32 Å². The molecule has 0 heterocycles. The van der Waals surface area contributed by atoms with Crippen molar-refractivity contribution in [2.75, 3.05) is 6.54 Å². The summed E-state index contributed by atoms with van der Waals surface area (Å²) in [4.78, 5) is 11.6. The molecule has 0 aliphatic carbocycles. The van der Waals surface area contributed by atoms with Crippen molar-refractivity contribution >= 4 is 5.91 Å². The van der Waals surface area contributed by atoms with Gasteiger partial charge in [-0.2, -0.15) is 0 Å². The van der Waals surface area contributed by atoms with Gasteiger partial charge in [-0.25, -0.2) is 0 Å². The second kappa shape index (κ2) is 9.10. The molecule has 0 saturated heterocycles. The molecule has 0 aliphatic heterocycles. The first-order chi connectivity index (χ1) is 9.65. The largest absolute Gasteiger partial charge is 0.391 e. The number of aliphatic hydroxyl groups excluding tert-OH is 1. The molecule has 0 aliphatic rings. The molecule has 1 amide bonds. The van der Waals surface area contributed by atoms with Crippen LogP contribution in [0.5, 0.6) is 0 Å². The van der Waals surface area contributed by atoms with Gasteiger partial charge in [-0.05, 0) is 18.9 Å². The quantitative estimate of drug-likeness (QED) is 0.592. The zero-order valence-electron chi connectivity index (χ0n) is 12.2. The van der Waals surface area contributed by atoms with Crippen LogP contribution in [0.25, 0.3) is 0 Å². The third kappa shape index (κ3) is 6.34. The fourth-order valence-electron chi connectivity index (χ4n) is 1.84. The van der Waals surface area contributed by atoms with Crippen molar-refractivity contribution < 1.29 is 9.90 Å². The lowest BCUT2D eigenvalue weighted by Gasteiger charge is -2.10. The third-order valence-electron chi connectivity index (χ3n) is 3.05. The summed E-state index contributed by atoms with van der Waals surface area (Å²) in [6, 6.07) is 9.74. The summed E-state index contributed by atoms with van der Waals surface area (Å²) in [6.45, 7) is 4.25. The SMILES string of the molecule is CC=C(C=CC(=O)NCC(O)Cc1ccccc1)CC. The molecule has 0 bridgehead atoms. The molecule has 3 nitrogen and oxygen atoms in total. The van der Waals surface area contributed by atoms with Crippen LogP contribution in [0.2, 0.25) is 0 Å². The maximum Gasteiger partial charge on any atom is 0.244 e. The highest BCUT2D eigenvalue weighted by atomic mass is 16.3. The van der Waals surface area contributed by atoms with Crippen LogP contribution in [0.15, 0.2) is 54.1 Å². The Kier molecular flexibility index (Phi) is 7.36. The van der Waals surface area contributed by atoms with Crippen LogP contribution in [-0.4, -0.2) is 23.7 Å². The number of carbonyl (C=O) groups excluding carboxylic acids is 1. The van der Waals surface area contributed by atoms with E-state index in [0.29, 0.717) is 6.42 Å². The van der Waals surface area contributed by atoms with Gasteiger partial charge in [0.1, 0.15) is 0 Å². The molecule has 1 aromatic carbocycles. The zero-order valence-corrected chi connectivity index (χ0v) is 12.2. The molecule has 1 atom stereocenters. The van der Waals surface area contributed by atoms with E-state index in [1.54, 1.807) is 6.08 Å². The van der Waals surface area contributed by atoms with E-state index in [2.05, 4.69) is 5.32 Å². The van der Waals surface area contributed by atoms with E-state index in [-0.39, 0.29) is 12.5 Å². The number of allylic oxidation sites excluding steroid dienone is 3. The highest BCUT2D eigenvalue weighted by molar-refractivity contribution is 5.87. The summed E-state index contributed by atoms with van der Waals surface area (Å²) in [5.74, 6) is -0.176. The van der Waals surface area contributed by atoms with Crippen LogP contribution in [0.1, 0.15) is 25.8 Å². The monoisotopic (exact) mass is 273 g/mol. The van der Waals surface area contributed by atoms with E-state index >= 15 is 0 Å². The number of hydrogen-bond acceptors (Lipinski definition) is 2. The first kappa shape index (κ1) is 16.2. The molecule has 3 heteroatoms. The van der Waals surface area contributed by atoms with Crippen LogP contribution in [0.3, 0.4) is 0 Å². The van der Waals surface area contributed by atoms with Gasteiger partial charge in [-0.3, -0.25) is 4.79 Å². The maximum absolute atomic E-state index is 11.6. The van der Waals surface area contributed by atoms with Gasteiger partial charge in [0, 0.05) is 19.0 Å². The highest BCUT2D eigenvalue weighted by Crippen LogP contribution is 2.03. The van der Waals surface area contributed by atoms with Crippen molar-refractivity contribution in [2.24, 2.45) is 0 Å². The number of amides is 1. The molecule has 2 N–H and O–H groups in total. The minimum atomic E-state index is -0.567. The molecule has 1 unspecified atom stereocenters. The van der Waals surface area contributed by atoms with Gasteiger partial charge in [0.2, 0.25) is 5.91 Å². The van der Waals surface area contributed by atoms with Gasteiger partial charge in [0.25, 0.3) is 0 Å². The number of nitrogens with one attached hydrogen (secondary N) is 1. The fraction of sp³-hybridized carbons (Fsp3) is 0.353. The van der Waals surface area contributed by atoms with Crippen LogP contribution < -0.4 is 5.32 Å². The molecular weight excluding hydrogens is 250 g/mol. The van der Waals surface area contributed by atoms with Gasteiger partial charge >= 0.3 is 0 Å². The van der Waals surface area contributed by atoms with E-state index in [1.807, 2.05) is 50.3 Å². The Balaban J connectivity index is 2.34. The summed E-state index contributed by atoms with van der Waals surface area (Å²) in [7, 11) is 0. The normalized spacial score (nSPS) is 13.4. The number of benzene rings is 1. The van der Waals surface area contributed by atoms with Crippen molar-refractivity contribution in [3.8, 4) is 0 Å². The number of hydrogen-bond donors (Lipinski definition) is 2. The molecule has 1 rings (SSSR count). The number of rotatable bonds is 7. The molecule has 108 valence electrons. The van der Waals surface area contributed by atoms with E-state index in [9.17, 15) is 9.90 Å². The van der Waals surface area contributed by atoms with Crippen molar-refractivity contribution in [3.63, 3.8) is 0 Å². The summed E-state index contributed by atoms with van der Waals surface area (Å²) in [5.41, 5.74) is 2.18. The predicted octanol–water partition coefficient (Wildman–Crippen LogP) is 2.62. The van der Waals surface area contributed by atoms with E-state index in [1.165, 1.54) is 6.08 Å². The molecule has 1 aromatic rings. The van der Waals surface area contributed by atoms with Crippen molar-refractivity contribution in [2.45, 2.75) is 32.8 Å². The first-order valence-electron chi connectivity index (χ1n) is 6.98. The van der Waals surface area contributed by atoms with Gasteiger partial charge < -0.3 is 10.4 Å². The summed E-state index contributed by atoms with van der Waals surface area (Å²) in [6.07, 6.45) is 6.17. The van der Waals surface area contributed by atoms with Crippen LogP contribution in [0.4, 0.5) is 0 Å². The molecular formula is C17H23NO2. The first-order valence-corrected chi connectivity index (χ1v) is 6.98. The Morgan fingerprint density at radius 2 is 2.00 bits per heavy atom. The second-order valence-electron chi connectivity index (χ2n) is 4.64. The standard InChI is InChI=1S/C17H23NO2/c1-3-14(4-2)10-11-17(20)18-13-16(19)12-15-8-6-5-7-9-15/h3,5-11,16,19H,4,12-13H2,1-2H3,(H,18,20). The second-order valence-corrected chi connectivity index (χ2v) is 4.64. The van der Waals surface area contributed by atoms with Gasteiger partial charge in [0.15, 0.2) is 0 Å². The molecule has 0 radical (unpaired) electrons. The Morgan fingerprint density at radius 1 is 1.30 bits per heavy atom. The summed E-state index contributed by atoms with van der Waals surface area (Å²) >= 11 is 0. The summed E-state index contributed by atoms with van der Waals surface area (Å²) < 4.78 is 0. The number of carbonyl (C=O) groups is 1. The average Bonchev–Trinajstić information content (AvgIpc) is 2.47. The lowest BCUT2D eigenvalue weighted by atomic mass is 10.1. The average molecular weight is 273 g/mol. The minimum Gasteiger partial charge on any atom is -0.391 e. The van der Waals surface area contributed by atoms with Gasteiger partial charge in [-0.1, -0.05) is 55.0 Å². The van der Waals surface area contributed by atoms with Crippen molar-refractivity contribution in [3.05, 3.63) is 59.7 Å². The van der Waals surface area contributed by atoms with Crippen LogP contribution in [-0.2, 0) is 11.2 Å². The van der Waals surface area contributed by atoms with Crippen LogP contribution >= 0.6 is 0 Å². The molecule has 0 aromatic heterocycles. The van der Waals surface area contributed by atoms with E-state index < -0.39 is 6.10 Å². The van der Waals surface area contributed by atoms with Crippen molar-refractivity contribution in [1.29, 1.82) is 0 Å². The fourth-order valence-corrected chi connectivity index (χ4v) is 1.84. The lowest BCUT2D eigenvalue weighted by molar-refractivity contribution is -0.116. The summed E-state index contributed by atoms with van der Waals surface area (Å²) in [5, 5.41) is 12.6. The predicted molar refractivity (Wildman–Crippen MR) is 82.4 cm³/mol. The zero-order chi connectivity index (χ0) is 14.8. The van der Waals surface area contributed by atoms with Gasteiger partial charge in [0.05, 0.1) is 6.10 Å². The Bertz CT molecular complexity index is 463. The maximum atomic E-state index is 11.6. The van der Waals surface area contributed by atoms with Crippen LogP contribution in [0, 0.1) is 0 Å². The van der Waals surface area contributed by atoms with Gasteiger partial charge in [-0.15, -0.1) is 0 Å². The minimum absolute atomic E-state index is 0.176. The van der Waals surface area contributed by atoms with E-state index in [4.69, 9.17) is 0 Å². The molecule has 20 heavy (non-hydrogen) atoms.